The Hall–Kier alpha value is -2.48. The van der Waals surface area contributed by atoms with E-state index in [-0.39, 0.29) is 36.3 Å². The van der Waals surface area contributed by atoms with Crippen molar-refractivity contribution < 1.29 is 19.0 Å². The van der Waals surface area contributed by atoms with E-state index in [1.54, 1.807) is 12.1 Å². The van der Waals surface area contributed by atoms with Crippen molar-refractivity contribution in [2.75, 3.05) is 51.3 Å². The van der Waals surface area contributed by atoms with Crippen LogP contribution in [0.15, 0.2) is 42.5 Å². The standard InChI is InChI=1S/C24H28FN3O3/c25-20-4-2-1-3-17(20)16-5-6-21-19(13-16)24-18(22(15-29)26-21)7-8-28(24)23(30)14-27-9-11-31-12-10-27/h1-6,13,18,22,24,26,29H,7-12,14-15H2/t18-,22-,24-/m1/s1. The van der Waals surface area contributed by atoms with Gasteiger partial charge in [-0.15, -0.1) is 0 Å². The molecule has 5 rings (SSSR count). The molecule has 0 aliphatic carbocycles. The van der Waals surface area contributed by atoms with Crippen molar-refractivity contribution >= 4 is 11.6 Å². The minimum absolute atomic E-state index is 0.0150. The molecule has 0 saturated carbocycles. The van der Waals surface area contributed by atoms with Gasteiger partial charge in [0.05, 0.1) is 38.4 Å². The highest BCUT2D eigenvalue weighted by Gasteiger charge is 2.45. The Kier molecular flexibility index (Phi) is 5.65. The van der Waals surface area contributed by atoms with Gasteiger partial charge in [-0.1, -0.05) is 24.3 Å². The molecule has 3 aliphatic heterocycles. The maximum Gasteiger partial charge on any atom is 0.237 e. The number of rotatable bonds is 4. The van der Waals surface area contributed by atoms with Crippen molar-refractivity contribution in [3.63, 3.8) is 0 Å². The minimum atomic E-state index is -0.261. The van der Waals surface area contributed by atoms with Crippen molar-refractivity contribution in [2.45, 2.75) is 18.5 Å². The lowest BCUT2D eigenvalue weighted by molar-refractivity contribution is -0.134. The van der Waals surface area contributed by atoms with Gasteiger partial charge in [0.1, 0.15) is 5.82 Å². The van der Waals surface area contributed by atoms with E-state index in [1.807, 2.05) is 29.2 Å². The molecule has 0 aromatic heterocycles. The SMILES string of the molecule is O=C(CN1CCOCC1)N1CC[C@@H]2[C@@H](CO)Nc3ccc(-c4ccccc4F)cc3[C@@H]21. The van der Waals surface area contributed by atoms with E-state index in [0.29, 0.717) is 31.9 Å². The van der Waals surface area contributed by atoms with Gasteiger partial charge >= 0.3 is 0 Å². The van der Waals surface area contributed by atoms with E-state index in [1.165, 1.54) is 6.07 Å². The van der Waals surface area contributed by atoms with Crippen LogP contribution >= 0.6 is 0 Å². The zero-order chi connectivity index (χ0) is 21.4. The van der Waals surface area contributed by atoms with Crippen molar-refractivity contribution in [1.82, 2.24) is 9.80 Å². The number of carbonyl (C=O) groups excluding carboxylic acids is 1. The second-order valence-electron chi connectivity index (χ2n) is 8.59. The first-order chi connectivity index (χ1) is 15.2. The molecule has 0 bridgehead atoms. The molecule has 0 spiro atoms. The van der Waals surface area contributed by atoms with Crippen LogP contribution in [0, 0.1) is 11.7 Å². The molecule has 0 radical (unpaired) electrons. The number of aliphatic hydroxyl groups is 1. The van der Waals surface area contributed by atoms with E-state index in [2.05, 4.69) is 10.2 Å². The van der Waals surface area contributed by atoms with Gasteiger partial charge in [0.25, 0.3) is 0 Å². The van der Waals surface area contributed by atoms with Crippen LogP contribution in [0.1, 0.15) is 18.0 Å². The predicted octanol–water partition coefficient (Wildman–Crippen LogP) is 2.50. The monoisotopic (exact) mass is 425 g/mol. The molecular weight excluding hydrogens is 397 g/mol. The number of benzene rings is 2. The molecule has 2 N–H and O–H groups in total. The minimum Gasteiger partial charge on any atom is -0.394 e. The number of fused-ring (bicyclic) bond motifs is 3. The average Bonchev–Trinajstić information content (AvgIpc) is 3.25. The van der Waals surface area contributed by atoms with E-state index >= 15 is 0 Å². The number of anilines is 1. The lowest BCUT2D eigenvalue weighted by atomic mass is 9.82. The lowest BCUT2D eigenvalue weighted by Gasteiger charge is -2.40. The number of halogens is 1. The molecule has 0 unspecified atom stereocenters. The number of hydrogen-bond acceptors (Lipinski definition) is 5. The Morgan fingerprint density at radius 2 is 1.97 bits per heavy atom. The Labute approximate surface area is 181 Å². The fourth-order valence-corrected chi connectivity index (χ4v) is 5.25. The van der Waals surface area contributed by atoms with Gasteiger partial charge in [0.15, 0.2) is 0 Å². The first kappa shape index (κ1) is 20.4. The van der Waals surface area contributed by atoms with Gasteiger partial charge in [0, 0.05) is 36.8 Å². The highest BCUT2D eigenvalue weighted by atomic mass is 19.1. The molecule has 3 heterocycles. The largest absolute Gasteiger partial charge is 0.394 e. The molecule has 3 atom stereocenters. The molecule has 1 amide bonds. The molecule has 2 aromatic rings. The third kappa shape index (κ3) is 3.82. The number of nitrogens with one attached hydrogen (secondary N) is 1. The van der Waals surface area contributed by atoms with Crippen LogP contribution < -0.4 is 5.32 Å². The third-order valence-electron chi connectivity index (χ3n) is 6.84. The zero-order valence-electron chi connectivity index (χ0n) is 17.5. The van der Waals surface area contributed by atoms with Crippen molar-refractivity contribution in [3.05, 3.63) is 53.8 Å². The summed E-state index contributed by atoms with van der Waals surface area (Å²) in [5.74, 6) is -0.0279. The number of morpholine rings is 1. The van der Waals surface area contributed by atoms with Crippen molar-refractivity contribution in [2.24, 2.45) is 5.92 Å². The molecule has 2 fully saturated rings. The number of amides is 1. The van der Waals surface area contributed by atoms with Gasteiger partial charge in [-0.2, -0.15) is 0 Å². The Morgan fingerprint density at radius 3 is 2.74 bits per heavy atom. The van der Waals surface area contributed by atoms with Crippen LogP contribution in [0.25, 0.3) is 11.1 Å². The average molecular weight is 426 g/mol. The van der Waals surface area contributed by atoms with Gasteiger partial charge in [0.2, 0.25) is 5.91 Å². The molecule has 31 heavy (non-hydrogen) atoms. The van der Waals surface area contributed by atoms with Crippen LogP contribution in [0.5, 0.6) is 0 Å². The summed E-state index contributed by atoms with van der Waals surface area (Å²) >= 11 is 0. The van der Waals surface area contributed by atoms with Gasteiger partial charge in [-0.05, 0) is 35.7 Å². The highest BCUT2D eigenvalue weighted by molar-refractivity contribution is 5.80. The van der Waals surface area contributed by atoms with Crippen LogP contribution in [0.4, 0.5) is 10.1 Å². The molecule has 2 aromatic carbocycles. The zero-order valence-corrected chi connectivity index (χ0v) is 17.5. The summed E-state index contributed by atoms with van der Waals surface area (Å²) in [5.41, 5.74) is 3.26. The molecule has 6 nitrogen and oxygen atoms in total. The van der Waals surface area contributed by atoms with Gasteiger partial charge < -0.3 is 20.1 Å². The van der Waals surface area contributed by atoms with Gasteiger partial charge in [-0.3, -0.25) is 9.69 Å². The smallest absolute Gasteiger partial charge is 0.237 e. The summed E-state index contributed by atoms with van der Waals surface area (Å²) in [6.45, 7) is 3.91. The quantitative estimate of drug-likeness (QED) is 0.788. The maximum absolute atomic E-state index is 14.4. The lowest BCUT2D eigenvalue weighted by Crippen LogP contribution is -2.47. The van der Waals surface area contributed by atoms with E-state index in [0.717, 1.165) is 36.3 Å². The summed E-state index contributed by atoms with van der Waals surface area (Å²) in [6.07, 6.45) is 0.834. The molecule has 7 heteroatoms. The number of aliphatic hydroxyl groups excluding tert-OH is 1. The Morgan fingerprint density at radius 1 is 1.16 bits per heavy atom. The number of ether oxygens (including phenoxy) is 1. The first-order valence-electron chi connectivity index (χ1n) is 11.0. The number of likely N-dealkylation sites (tertiary alicyclic amines) is 1. The van der Waals surface area contributed by atoms with E-state index in [4.69, 9.17) is 4.74 Å². The van der Waals surface area contributed by atoms with Crippen molar-refractivity contribution in [1.29, 1.82) is 0 Å². The number of carbonyl (C=O) groups is 1. The van der Waals surface area contributed by atoms with Crippen LogP contribution in [0.3, 0.4) is 0 Å². The molecular formula is C24H28FN3O3. The fraction of sp³-hybridized carbons (Fsp3) is 0.458. The first-order valence-corrected chi connectivity index (χ1v) is 11.0. The normalized spacial score (nSPS) is 25.6. The number of hydrogen-bond donors (Lipinski definition) is 2. The topological polar surface area (TPSA) is 65.0 Å². The van der Waals surface area contributed by atoms with Crippen LogP contribution in [-0.4, -0.2) is 72.9 Å². The van der Waals surface area contributed by atoms with E-state index < -0.39 is 0 Å². The number of nitrogens with zero attached hydrogens (tertiary/aromatic N) is 2. The summed E-state index contributed by atoms with van der Waals surface area (Å²) in [6, 6.07) is 12.4. The van der Waals surface area contributed by atoms with Gasteiger partial charge in [-0.25, -0.2) is 4.39 Å². The molecule has 2 saturated heterocycles. The second kappa shape index (κ2) is 8.57. The highest BCUT2D eigenvalue weighted by Crippen LogP contribution is 2.47. The maximum atomic E-state index is 14.4. The van der Waals surface area contributed by atoms with Crippen LogP contribution in [0.2, 0.25) is 0 Å². The second-order valence-corrected chi connectivity index (χ2v) is 8.59. The van der Waals surface area contributed by atoms with Crippen molar-refractivity contribution in [3.8, 4) is 11.1 Å². The molecule has 164 valence electrons. The predicted molar refractivity (Wildman–Crippen MR) is 116 cm³/mol. The third-order valence-corrected chi connectivity index (χ3v) is 6.84. The fourth-order valence-electron chi connectivity index (χ4n) is 5.25. The Balaban J connectivity index is 1.48. The summed E-state index contributed by atoms with van der Waals surface area (Å²) in [7, 11) is 0. The summed E-state index contributed by atoms with van der Waals surface area (Å²) in [5, 5.41) is 13.4. The summed E-state index contributed by atoms with van der Waals surface area (Å²) in [4.78, 5) is 17.4. The molecule has 3 aliphatic rings. The van der Waals surface area contributed by atoms with E-state index in [9.17, 15) is 14.3 Å². The Bertz CT molecular complexity index is 963. The summed E-state index contributed by atoms with van der Waals surface area (Å²) < 4.78 is 19.8. The van der Waals surface area contributed by atoms with Crippen LogP contribution in [-0.2, 0) is 9.53 Å².